The highest BCUT2D eigenvalue weighted by Gasteiger charge is 2.10. The van der Waals surface area contributed by atoms with E-state index >= 15 is 0 Å². The van der Waals surface area contributed by atoms with E-state index in [9.17, 15) is 0 Å². The highest BCUT2D eigenvalue weighted by molar-refractivity contribution is 7.99. The number of aryl methyl sites for hydroxylation is 1. The second-order valence-corrected chi connectivity index (χ2v) is 6.09. The molecule has 3 rings (SSSR count). The number of pyridine rings is 1. The standard InChI is InChI=1S/C14H9Cl2N3S/c1-8-6-18-14(19-7-8)20-12-2-3-17-11-5-9(15)4-10(16)13(11)12/h2-7H,1H3. The van der Waals surface area contributed by atoms with E-state index in [4.69, 9.17) is 23.2 Å². The second-order valence-electron chi connectivity index (χ2n) is 4.24. The molecule has 3 aromatic rings. The van der Waals surface area contributed by atoms with E-state index in [-0.39, 0.29) is 0 Å². The van der Waals surface area contributed by atoms with E-state index in [1.54, 1.807) is 30.7 Å². The first-order chi connectivity index (χ1) is 9.63. The molecule has 100 valence electrons. The highest BCUT2D eigenvalue weighted by Crippen LogP contribution is 2.36. The molecular weight excluding hydrogens is 313 g/mol. The van der Waals surface area contributed by atoms with Crippen LogP contribution in [0.15, 0.2) is 46.8 Å². The first-order valence-electron chi connectivity index (χ1n) is 5.84. The summed E-state index contributed by atoms with van der Waals surface area (Å²) in [5.41, 5.74) is 1.79. The van der Waals surface area contributed by atoms with Crippen LogP contribution in [0.3, 0.4) is 0 Å². The zero-order valence-corrected chi connectivity index (χ0v) is 12.8. The fourth-order valence-corrected chi connectivity index (χ4v) is 3.28. The Kier molecular flexibility index (Phi) is 3.78. The molecule has 2 aromatic heterocycles. The van der Waals surface area contributed by atoms with Crippen molar-refractivity contribution in [3.63, 3.8) is 0 Å². The minimum Gasteiger partial charge on any atom is -0.256 e. The summed E-state index contributed by atoms with van der Waals surface area (Å²) in [6.45, 7) is 1.95. The molecule has 1 aromatic carbocycles. The molecule has 0 atom stereocenters. The van der Waals surface area contributed by atoms with Crippen molar-refractivity contribution in [1.82, 2.24) is 15.0 Å². The Balaban J connectivity index is 2.09. The van der Waals surface area contributed by atoms with E-state index in [1.807, 2.05) is 13.0 Å². The Labute approximate surface area is 130 Å². The molecule has 0 aliphatic rings. The van der Waals surface area contributed by atoms with Gasteiger partial charge in [0.2, 0.25) is 0 Å². The Morgan fingerprint density at radius 2 is 1.80 bits per heavy atom. The zero-order valence-electron chi connectivity index (χ0n) is 10.5. The van der Waals surface area contributed by atoms with Crippen LogP contribution in [-0.4, -0.2) is 15.0 Å². The molecule has 0 unspecified atom stereocenters. The van der Waals surface area contributed by atoms with Crippen molar-refractivity contribution in [3.05, 3.63) is 52.4 Å². The van der Waals surface area contributed by atoms with Gasteiger partial charge in [0.05, 0.1) is 10.5 Å². The third-order valence-corrected chi connectivity index (χ3v) is 4.15. The Hall–Kier alpha value is -1.36. The number of fused-ring (bicyclic) bond motifs is 1. The van der Waals surface area contributed by atoms with Crippen molar-refractivity contribution in [1.29, 1.82) is 0 Å². The van der Waals surface area contributed by atoms with Gasteiger partial charge in [0.25, 0.3) is 0 Å². The molecule has 2 heterocycles. The van der Waals surface area contributed by atoms with Gasteiger partial charge in [-0.2, -0.15) is 0 Å². The van der Waals surface area contributed by atoms with Gasteiger partial charge in [-0.3, -0.25) is 4.98 Å². The fraction of sp³-hybridized carbons (Fsp3) is 0.0714. The van der Waals surface area contributed by atoms with Crippen molar-refractivity contribution >= 4 is 45.9 Å². The zero-order chi connectivity index (χ0) is 14.1. The van der Waals surface area contributed by atoms with Crippen molar-refractivity contribution in [2.75, 3.05) is 0 Å². The lowest BCUT2D eigenvalue weighted by Gasteiger charge is -2.07. The van der Waals surface area contributed by atoms with Crippen LogP contribution in [0.25, 0.3) is 10.9 Å². The van der Waals surface area contributed by atoms with Gasteiger partial charge in [-0.15, -0.1) is 0 Å². The number of halogens is 2. The lowest BCUT2D eigenvalue weighted by molar-refractivity contribution is 0.950. The number of hydrogen-bond donors (Lipinski definition) is 0. The first kappa shape index (κ1) is 13.6. The topological polar surface area (TPSA) is 38.7 Å². The molecule has 0 aliphatic carbocycles. The van der Waals surface area contributed by atoms with Crippen molar-refractivity contribution in [2.45, 2.75) is 17.0 Å². The molecule has 0 N–H and O–H groups in total. The van der Waals surface area contributed by atoms with Crippen LogP contribution in [-0.2, 0) is 0 Å². The summed E-state index contributed by atoms with van der Waals surface area (Å²) in [4.78, 5) is 13.8. The van der Waals surface area contributed by atoms with Gasteiger partial charge in [-0.25, -0.2) is 9.97 Å². The molecule has 20 heavy (non-hydrogen) atoms. The minimum absolute atomic E-state index is 0.573. The Morgan fingerprint density at radius 1 is 1.05 bits per heavy atom. The SMILES string of the molecule is Cc1cnc(Sc2ccnc3cc(Cl)cc(Cl)c23)nc1. The average molecular weight is 322 g/mol. The van der Waals surface area contributed by atoms with Crippen molar-refractivity contribution in [3.8, 4) is 0 Å². The first-order valence-corrected chi connectivity index (χ1v) is 7.41. The van der Waals surface area contributed by atoms with Gasteiger partial charge in [0, 0.05) is 33.9 Å². The van der Waals surface area contributed by atoms with Crippen LogP contribution in [0, 0.1) is 6.92 Å². The summed E-state index contributed by atoms with van der Waals surface area (Å²) in [5, 5.41) is 2.70. The molecule has 3 nitrogen and oxygen atoms in total. The lowest BCUT2D eigenvalue weighted by Crippen LogP contribution is -1.88. The monoisotopic (exact) mass is 321 g/mol. The maximum absolute atomic E-state index is 6.28. The predicted octanol–water partition coefficient (Wildman–Crippen LogP) is 4.79. The largest absolute Gasteiger partial charge is 0.256 e. The molecule has 0 saturated heterocycles. The van der Waals surface area contributed by atoms with Gasteiger partial charge >= 0.3 is 0 Å². The highest BCUT2D eigenvalue weighted by atomic mass is 35.5. The number of nitrogens with zero attached hydrogens (tertiary/aromatic N) is 3. The molecule has 0 spiro atoms. The Morgan fingerprint density at radius 3 is 2.55 bits per heavy atom. The minimum atomic E-state index is 0.573. The third kappa shape index (κ3) is 2.73. The molecule has 0 amide bonds. The van der Waals surface area contributed by atoms with Gasteiger partial charge in [0.15, 0.2) is 5.16 Å². The molecule has 6 heteroatoms. The third-order valence-electron chi connectivity index (χ3n) is 2.68. The number of aromatic nitrogens is 3. The van der Waals surface area contributed by atoms with E-state index in [2.05, 4.69) is 15.0 Å². The van der Waals surface area contributed by atoms with E-state index in [0.717, 1.165) is 21.4 Å². The molecule has 0 radical (unpaired) electrons. The summed E-state index contributed by atoms with van der Waals surface area (Å²) in [6, 6.07) is 5.41. The van der Waals surface area contributed by atoms with Gasteiger partial charge in [0.1, 0.15) is 0 Å². The van der Waals surface area contributed by atoms with Crippen LogP contribution < -0.4 is 0 Å². The summed E-state index contributed by atoms with van der Waals surface area (Å²) >= 11 is 13.7. The lowest BCUT2D eigenvalue weighted by atomic mass is 10.2. The number of hydrogen-bond acceptors (Lipinski definition) is 4. The van der Waals surface area contributed by atoms with Gasteiger partial charge < -0.3 is 0 Å². The Bertz CT molecular complexity index is 775. The maximum atomic E-state index is 6.28. The summed E-state index contributed by atoms with van der Waals surface area (Å²) in [7, 11) is 0. The smallest absolute Gasteiger partial charge is 0.192 e. The van der Waals surface area contributed by atoms with Crippen LogP contribution in [0.4, 0.5) is 0 Å². The fourth-order valence-electron chi connectivity index (χ4n) is 1.79. The average Bonchev–Trinajstić information content (AvgIpc) is 2.41. The van der Waals surface area contributed by atoms with Crippen LogP contribution in [0.1, 0.15) is 5.56 Å². The van der Waals surface area contributed by atoms with Gasteiger partial charge in [-0.05, 0) is 42.4 Å². The van der Waals surface area contributed by atoms with Crippen molar-refractivity contribution < 1.29 is 0 Å². The summed E-state index contributed by atoms with van der Waals surface area (Å²) < 4.78 is 0. The van der Waals surface area contributed by atoms with Crippen LogP contribution in [0.2, 0.25) is 10.0 Å². The predicted molar refractivity (Wildman–Crippen MR) is 82.7 cm³/mol. The molecule has 0 bridgehead atoms. The molecule has 0 saturated carbocycles. The van der Waals surface area contributed by atoms with Crippen molar-refractivity contribution in [2.24, 2.45) is 0 Å². The van der Waals surface area contributed by atoms with E-state index < -0.39 is 0 Å². The quantitative estimate of drug-likeness (QED) is 0.636. The summed E-state index contributed by atoms with van der Waals surface area (Å²) in [6.07, 6.45) is 5.31. The van der Waals surface area contributed by atoms with E-state index in [1.165, 1.54) is 11.8 Å². The second kappa shape index (κ2) is 5.56. The molecular formula is C14H9Cl2N3S. The number of benzene rings is 1. The summed E-state index contributed by atoms with van der Waals surface area (Å²) in [5.74, 6) is 0. The normalized spacial score (nSPS) is 10.9. The van der Waals surface area contributed by atoms with E-state index in [0.29, 0.717) is 15.2 Å². The maximum Gasteiger partial charge on any atom is 0.192 e. The molecule has 0 aliphatic heterocycles. The molecule has 0 fully saturated rings. The van der Waals surface area contributed by atoms with Gasteiger partial charge in [-0.1, -0.05) is 23.2 Å². The van der Waals surface area contributed by atoms with Crippen LogP contribution >= 0.6 is 35.0 Å². The number of rotatable bonds is 2. The van der Waals surface area contributed by atoms with Crippen LogP contribution in [0.5, 0.6) is 0 Å².